The van der Waals surface area contributed by atoms with E-state index in [1.807, 2.05) is 37.3 Å². The molecule has 2 N–H and O–H groups in total. The first-order valence-electron chi connectivity index (χ1n) is 13.1. The highest BCUT2D eigenvalue weighted by atomic mass is 32.2. The molecule has 1 aliphatic rings. The number of aliphatic hydroxyl groups excluding tert-OH is 1. The first-order valence-corrected chi connectivity index (χ1v) is 14.9. The van der Waals surface area contributed by atoms with E-state index >= 15 is 0 Å². The van der Waals surface area contributed by atoms with Gasteiger partial charge in [-0.15, -0.1) is 10.2 Å². The minimum Gasteiger partial charge on any atom is -0.504 e. The maximum atomic E-state index is 13.9. The van der Waals surface area contributed by atoms with Gasteiger partial charge >= 0.3 is 0 Å². The predicted octanol–water partition coefficient (Wildman–Crippen LogP) is 6.77. The lowest BCUT2D eigenvalue weighted by atomic mass is 9.95. The molecule has 0 bridgehead atoms. The highest BCUT2D eigenvalue weighted by Crippen LogP contribution is 2.45. The number of hydrogen-bond acceptors (Lipinski definition) is 10. The number of nitrogens with zero attached hydrogens (tertiary/aromatic N) is 3. The number of hydrogen-bond donors (Lipinski definition) is 2. The lowest BCUT2D eigenvalue weighted by Crippen LogP contribution is -2.31. The van der Waals surface area contributed by atoms with Gasteiger partial charge in [-0.1, -0.05) is 77.2 Å². The van der Waals surface area contributed by atoms with E-state index in [1.165, 1.54) is 39.6 Å². The molecule has 11 heteroatoms. The maximum Gasteiger partial charge on any atom is 0.296 e. The number of carbonyl (C=O) groups excluding carboxylic acids is 2. The van der Waals surface area contributed by atoms with Crippen LogP contribution in [0.2, 0.25) is 0 Å². The topological polar surface area (TPSA) is 126 Å². The van der Waals surface area contributed by atoms with Gasteiger partial charge in [0.15, 0.2) is 27.4 Å². The van der Waals surface area contributed by atoms with Gasteiger partial charge in [0.05, 0.1) is 18.2 Å². The number of fused-ring (bicyclic) bond motifs is 1. The predicted molar refractivity (Wildman–Crippen MR) is 160 cm³/mol. The summed E-state index contributed by atoms with van der Waals surface area (Å²) in [5.41, 5.74) is 3.04. The van der Waals surface area contributed by atoms with Crippen LogP contribution in [0.1, 0.15) is 40.2 Å². The number of Topliss-reactive ketones (excluding diaryl/α,β-unsaturated/α-hetero) is 1. The number of furan rings is 1. The van der Waals surface area contributed by atoms with Crippen molar-refractivity contribution in [3.8, 4) is 11.5 Å². The summed E-state index contributed by atoms with van der Waals surface area (Å²) in [5.74, 6) is -1.43. The van der Waals surface area contributed by atoms with Gasteiger partial charge in [-0.3, -0.25) is 14.5 Å². The van der Waals surface area contributed by atoms with Gasteiger partial charge in [0.2, 0.25) is 10.9 Å². The molecular weight excluding hydrogens is 574 g/mol. The van der Waals surface area contributed by atoms with E-state index in [9.17, 15) is 19.8 Å². The van der Waals surface area contributed by atoms with Crippen LogP contribution in [0, 0.1) is 6.92 Å². The summed E-state index contributed by atoms with van der Waals surface area (Å²) in [6.07, 6.45) is 0. The van der Waals surface area contributed by atoms with Crippen molar-refractivity contribution in [3.05, 3.63) is 107 Å². The smallest absolute Gasteiger partial charge is 0.296 e. The van der Waals surface area contributed by atoms with E-state index in [-0.39, 0.29) is 34.6 Å². The number of phenols is 1. The zero-order chi connectivity index (χ0) is 29.4. The van der Waals surface area contributed by atoms with Gasteiger partial charge in [0.25, 0.3) is 5.91 Å². The fourth-order valence-electron chi connectivity index (χ4n) is 4.74. The zero-order valence-electron chi connectivity index (χ0n) is 22.6. The van der Waals surface area contributed by atoms with Crippen molar-refractivity contribution in [1.29, 1.82) is 0 Å². The van der Waals surface area contributed by atoms with Crippen LogP contribution in [0.25, 0.3) is 11.0 Å². The average molecular weight is 600 g/mol. The highest BCUT2D eigenvalue weighted by Gasteiger charge is 2.47. The number of aryl methyl sites for hydroxylation is 1. The number of aromatic hydroxyl groups is 1. The molecule has 0 unspecified atom stereocenters. The molecule has 1 amide bonds. The summed E-state index contributed by atoms with van der Waals surface area (Å²) in [4.78, 5) is 28.7. The van der Waals surface area contributed by atoms with Gasteiger partial charge in [-0.05, 0) is 49.2 Å². The summed E-state index contributed by atoms with van der Waals surface area (Å²) >= 11 is 2.65. The fourth-order valence-corrected chi connectivity index (χ4v) is 6.56. The number of para-hydroxylation sites is 1. The van der Waals surface area contributed by atoms with Gasteiger partial charge in [-0.25, -0.2) is 0 Å². The summed E-state index contributed by atoms with van der Waals surface area (Å²) in [6.45, 7) is 4.09. The number of amides is 1. The summed E-state index contributed by atoms with van der Waals surface area (Å²) in [6, 6.07) is 20.3. The minimum atomic E-state index is -1.08. The molecule has 2 aromatic heterocycles. The van der Waals surface area contributed by atoms with Crippen LogP contribution in [0.3, 0.4) is 0 Å². The van der Waals surface area contributed by atoms with Crippen LogP contribution in [0.15, 0.2) is 92.9 Å². The summed E-state index contributed by atoms with van der Waals surface area (Å²) < 4.78 is 12.0. The number of aliphatic hydroxyl groups is 1. The third-order valence-corrected chi connectivity index (χ3v) is 8.91. The quantitative estimate of drug-likeness (QED) is 0.107. The summed E-state index contributed by atoms with van der Waals surface area (Å²) in [7, 11) is 0. The highest BCUT2D eigenvalue weighted by molar-refractivity contribution is 8.00. The molecule has 5 aromatic rings. The van der Waals surface area contributed by atoms with Crippen molar-refractivity contribution >= 4 is 50.9 Å². The number of ether oxygens (including phenoxy) is 1. The molecule has 0 fully saturated rings. The molecule has 0 saturated heterocycles. The molecule has 1 atom stereocenters. The lowest BCUT2D eigenvalue weighted by Gasteiger charge is -2.24. The molecule has 3 aromatic carbocycles. The van der Waals surface area contributed by atoms with Gasteiger partial charge in [-0.2, -0.15) is 0 Å². The number of anilines is 1. The van der Waals surface area contributed by atoms with Crippen molar-refractivity contribution in [2.75, 3.05) is 11.5 Å². The Morgan fingerprint density at radius 2 is 1.86 bits per heavy atom. The van der Waals surface area contributed by atoms with Crippen LogP contribution in [0.4, 0.5) is 5.13 Å². The van der Waals surface area contributed by atoms with Gasteiger partial charge in [0.1, 0.15) is 5.58 Å². The Morgan fingerprint density at radius 3 is 2.62 bits per heavy atom. The van der Waals surface area contributed by atoms with Crippen LogP contribution < -0.4 is 9.64 Å². The Bertz CT molecular complexity index is 1810. The Morgan fingerprint density at radius 1 is 1.07 bits per heavy atom. The number of ketones is 1. The molecule has 9 nitrogen and oxygen atoms in total. The van der Waals surface area contributed by atoms with E-state index in [0.717, 1.165) is 5.56 Å². The third kappa shape index (κ3) is 5.12. The standard InChI is InChI=1S/C31H25N3O6S2/c1-3-39-23-15-20(12-13-21(23)35)26-25(27(36)24-14-19-6-4-5-7-22(19)40-24)28(37)29(38)34(26)30-32-33-31(42-30)41-16-18-10-8-17(2)9-11-18/h4-15,26,35,37H,3,16H2,1-2H3/t26-/m1/s1. The number of aromatic nitrogens is 2. The molecule has 0 aliphatic carbocycles. The van der Waals surface area contributed by atoms with E-state index in [2.05, 4.69) is 10.2 Å². The molecule has 3 heterocycles. The molecular formula is C31H25N3O6S2. The second kappa shape index (κ2) is 11.3. The van der Waals surface area contributed by atoms with Crippen molar-refractivity contribution < 1.29 is 29.0 Å². The number of thioether (sulfide) groups is 1. The first-order chi connectivity index (χ1) is 20.3. The van der Waals surface area contributed by atoms with Gasteiger partial charge in [0, 0.05) is 11.1 Å². The Labute approximate surface area is 249 Å². The Balaban J connectivity index is 1.39. The Hall–Kier alpha value is -4.61. The molecule has 0 saturated carbocycles. The average Bonchev–Trinajstić information content (AvgIpc) is 3.70. The number of rotatable bonds is 9. The monoisotopic (exact) mass is 599 g/mol. The minimum absolute atomic E-state index is 0.0205. The second-order valence-electron chi connectivity index (χ2n) is 9.60. The zero-order valence-corrected chi connectivity index (χ0v) is 24.2. The largest absolute Gasteiger partial charge is 0.504 e. The SMILES string of the molecule is CCOc1cc([C@@H]2C(C(=O)c3cc4ccccc4o3)=C(O)C(=O)N2c2nnc(SCc3ccc(C)cc3)s2)ccc1O. The maximum absolute atomic E-state index is 13.9. The first kappa shape index (κ1) is 27.6. The second-order valence-corrected chi connectivity index (χ2v) is 11.8. The van der Waals surface area contributed by atoms with Crippen molar-refractivity contribution in [3.63, 3.8) is 0 Å². The van der Waals surface area contributed by atoms with Crippen LogP contribution in [-0.2, 0) is 10.5 Å². The lowest BCUT2D eigenvalue weighted by molar-refractivity contribution is -0.117. The van der Waals surface area contributed by atoms with Crippen molar-refractivity contribution in [1.82, 2.24) is 10.2 Å². The van der Waals surface area contributed by atoms with Gasteiger partial charge < -0.3 is 19.4 Å². The van der Waals surface area contributed by atoms with E-state index in [4.69, 9.17) is 9.15 Å². The fraction of sp³-hybridized carbons (Fsp3) is 0.161. The molecule has 1 aliphatic heterocycles. The van der Waals surface area contributed by atoms with E-state index in [1.54, 1.807) is 43.3 Å². The number of benzene rings is 3. The molecule has 42 heavy (non-hydrogen) atoms. The summed E-state index contributed by atoms with van der Waals surface area (Å²) in [5, 5.41) is 30.9. The third-order valence-electron chi connectivity index (χ3n) is 6.79. The van der Waals surface area contributed by atoms with Crippen molar-refractivity contribution in [2.24, 2.45) is 0 Å². The molecule has 0 radical (unpaired) electrons. The number of carbonyl (C=O) groups is 2. The Kier molecular flexibility index (Phi) is 7.44. The molecule has 212 valence electrons. The normalized spacial score (nSPS) is 15.1. The van der Waals surface area contributed by atoms with Crippen molar-refractivity contribution in [2.45, 2.75) is 30.0 Å². The van der Waals surface area contributed by atoms with E-state index in [0.29, 0.717) is 26.6 Å². The number of phenolic OH excluding ortho intramolecular Hbond substituents is 1. The molecule has 0 spiro atoms. The van der Waals surface area contributed by atoms with Crippen LogP contribution >= 0.6 is 23.1 Å². The van der Waals surface area contributed by atoms with E-state index < -0.39 is 23.5 Å². The van der Waals surface area contributed by atoms with Crippen LogP contribution in [-0.4, -0.2) is 38.7 Å². The molecule has 6 rings (SSSR count). The van der Waals surface area contributed by atoms with Crippen LogP contribution in [0.5, 0.6) is 11.5 Å².